The zero-order valence-corrected chi connectivity index (χ0v) is 7.78. The Morgan fingerprint density at radius 1 is 1.38 bits per heavy atom. The van der Waals surface area contributed by atoms with Gasteiger partial charge in [0.15, 0.2) is 0 Å². The van der Waals surface area contributed by atoms with Crippen molar-refractivity contribution in [3.05, 3.63) is 0 Å². The zero-order valence-electron chi connectivity index (χ0n) is 7.78. The second-order valence-corrected chi connectivity index (χ2v) is 3.82. The molecule has 2 fully saturated rings. The van der Waals surface area contributed by atoms with Crippen LogP contribution >= 0.6 is 0 Å². The molecule has 2 aliphatic rings. The van der Waals surface area contributed by atoms with Gasteiger partial charge in [-0.1, -0.05) is 0 Å². The van der Waals surface area contributed by atoms with Gasteiger partial charge in [-0.25, -0.2) is 0 Å². The van der Waals surface area contributed by atoms with E-state index in [4.69, 9.17) is 5.11 Å². The third kappa shape index (κ3) is 2.00. The van der Waals surface area contributed by atoms with Gasteiger partial charge in [0.25, 0.3) is 0 Å². The van der Waals surface area contributed by atoms with Gasteiger partial charge in [0.05, 0.1) is 13.2 Å². The standard InChI is InChI=1S/C9H16N2O2/c12-6-5-10-3-4-11(8-1-2-8)9(13)7-10/h8,12H,1-7H2. The van der Waals surface area contributed by atoms with Crippen LogP contribution < -0.4 is 0 Å². The van der Waals surface area contributed by atoms with Crippen LogP contribution in [-0.2, 0) is 4.79 Å². The molecule has 1 aliphatic carbocycles. The number of rotatable bonds is 3. The smallest absolute Gasteiger partial charge is 0.237 e. The van der Waals surface area contributed by atoms with Crippen LogP contribution in [0, 0.1) is 0 Å². The van der Waals surface area contributed by atoms with Gasteiger partial charge in [0.2, 0.25) is 5.91 Å². The van der Waals surface area contributed by atoms with E-state index in [-0.39, 0.29) is 12.5 Å². The Bertz CT molecular complexity index is 204. The van der Waals surface area contributed by atoms with Gasteiger partial charge < -0.3 is 10.0 Å². The molecular formula is C9H16N2O2. The van der Waals surface area contributed by atoms with Gasteiger partial charge in [0, 0.05) is 25.7 Å². The number of piperazine rings is 1. The van der Waals surface area contributed by atoms with Crippen molar-refractivity contribution in [2.24, 2.45) is 0 Å². The van der Waals surface area contributed by atoms with E-state index < -0.39 is 0 Å². The molecule has 1 N–H and O–H groups in total. The van der Waals surface area contributed by atoms with Gasteiger partial charge in [0.1, 0.15) is 0 Å². The van der Waals surface area contributed by atoms with E-state index >= 15 is 0 Å². The Morgan fingerprint density at radius 3 is 2.69 bits per heavy atom. The lowest BCUT2D eigenvalue weighted by atomic mass is 10.3. The molecule has 0 radical (unpaired) electrons. The molecule has 1 saturated carbocycles. The van der Waals surface area contributed by atoms with Gasteiger partial charge in [-0.05, 0) is 12.8 Å². The summed E-state index contributed by atoms with van der Waals surface area (Å²) in [5, 5.41) is 8.73. The predicted molar refractivity (Wildman–Crippen MR) is 48.3 cm³/mol. The highest BCUT2D eigenvalue weighted by molar-refractivity contribution is 5.79. The third-order valence-corrected chi connectivity index (χ3v) is 2.74. The summed E-state index contributed by atoms with van der Waals surface area (Å²) in [7, 11) is 0. The number of hydrogen-bond acceptors (Lipinski definition) is 3. The van der Waals surface area contributed by atoms with Crippen molar-refractivity contribution >= 4 is 5.91 Å². The highest BCUT2D eigenvalue weighted by Gasteiger charge is 2.35. The summed E-state index contributed by atoms with van der Waals surface area (Å²) in [5.74, 6) is 0.238. The minimum absolute atomic E-state index is 0.150. The lowest BCUT2D eigenvalue weighted by molar-refractivity contribution is -0.136. The van der Waals surface area contributed by atoms with E-state index in [1.807, 2.05) is 9.80 Å². The molecule has 0 aromatic carbocycles. The van der Waals surface area contributed by atoms with Gasteiger partial charge in [-0.15, -0.1) is 0 Å². The topological polar surface area (TPSA) is 43.8 Å². The van der Waals surface area contributed by atoms with E-state index in [0.29, 0.717) is 19.1 Å². The van der Waals surface area contributed by atoms with E-state index in [1.165, 1.54) is 12.8 Å². The van der Waals surface area contributed by atoms with Crippen molar-refractivity contribution in [3.63, 3.8) is 0 Å². The Hall–Kier alpha value is -0.610. The van der Waals surface area contributed by atoms with Crippen molar-refractivity contribution in [1.82, 2.24) is 9.80 Å². The molecule has 2 rings (SSSR count). The van der Waals surface area contributed by atoms with Crippen molar-refractivity contribution in [3.8, 4) is 0 Å². The number of amides is 1. The number of β-amino-alcohol motifs (C(OH)–C–C–N with tert-alkyl or cyclic N) is 1. The molecule has 1 heterocycles. The van der Waals surface area contributed by atoms with Crippen molar-refractivity contribution < 1.29 is 9.90 Å². The fraction of sp³-hybridized carbons (Fsp3) is 0.889. The normalized spacial score (nSPS) is 25.3. The molecule has 0 atom stereocenters. The van der Waals surface area contributed by atoms with Gasteiger partial charge >= 0.3 is 0 Å². The summed E-state index contributed by atoms with van der Waals surface area (Å²) < 4.78 is 0. The second-order valence-electron chi connectivity index (χ2n) is 3.82. The average molecular weight is 184 g/mol. The molecule has 4 heteroatoms. The molecule has 0 aromatic rings. The van der Waals surface area contributed by atoms with E-state index in [0.717, 1.165) is 13.1 Å². The fourth-order valence-electron chi connectivity index (χ4n) is 1.84. The van der Waals surface area contributed by atoms with Crippen molar-refractivity contribution in [2.45, 2.75) is 18.9 Å². The molecule has 4 nitrogen and oxygen atoms in total. The molecule has 0 spiro atoms. The maximum atomic E-state index is 11.6. The minimum Gasteiger partial charge on any atom is -0.395 e. The summed E-state index contributed by atoms with van der Waals surface area (Å²) in [6, 6.07) is 0.545. The quantitative estimate of drug-likeness (QED) is 0.630. The summed E-state index contributed by atoms with van der Waals surface area (Å²) in [6.45, 7) is 3.05. The van der Waals surface area contributed by atoms with Crippen LogP contribution in [0.4, 0.5) is 0 Å². The lowest BCUT2D eigenvalue weighted by Gasteiger charge is -2.34. The molecule has 74 valence electrons. The molecule has 0 aromatic heterocycles. The maximum absolute atomic E-state index is 11.6. The number of carbonyl (C=O) groups is 1. The number of hydrogen-bond donors (Lipinski definition) is 1. The van der Waals surface area contributed by atoms with E-state index in [1.54, 1.807) is 0 Å². The van der Waals surface area contributed by atoms with Crippen LogP contribution in [-0.4, -0.2) is 59.6 Å². The van der Waals surface area contributed by atoms with E-state index in [9.17, 15) is 4.79 Å². The number of aliphatic hydroxyl groups excluding tert-OH is 1. The van der Waals surface area contributed by atoms with Crippen LogP contribution in [0.1, 0.15) is 12.8 Å². The maximum Gasteiger partial charge on any atom is 0.237 e. The summed E-state index contributed by atoms with van der Waals surface area (Å²) in [5.41, 5.74) is 0. The Balaban J connectivity index is 1.84. The highest BCUT2D eigenvalue weighted by Crippen LogP contribution is 2.27. The summed E-state index contributed by atoms with van der Waals surface area (Å²) in [4.78, 5) is 15.6. The minimum atomic E-state index is 0.150. The Kier molecular flexibility index (Phi) is 2.51. The lowest BCUT2D eigenvalue weighted by Crippen LogP contribution is -2.51. The molecular weight excluding hydrogens is 168 g/mol. The first-order valence-corrected chi connectivity index (χ1v) is 4.94. The zero-order chi connectivity index (χ0) is 9.26. The van der Waals surface area contributed by atoms with Crippen LogP contribution in [0.2, 0.25) is 0 Å². The third-order valence-electron chi connectivity index (χ3n) is 2.74. The predicted octanol–water partition coefficient (Wildman–Crippen LogP) is -0.715. The second kappa shape index (κ2) is 3.64. The highest BCUT2D eigenvalue weighted by atomic mass is 16.3. The Morgan fingerprint density at radius 2 is 2.15 bits per heavy atom. The van der Waals surface area contributed by atoms with Crippen LogP contribution in [0.15, 0.2) is 0 Å². The SMILES string of the molecule is O=C1CN(CCO)CCN1C1CC1. The van der Waals surface area contributed by atoms with Crippen LogP contribution in [0.25, 0.3) is 0 Å². The number of aliphatic hydroxyl groups is 1. The fourth-order valence-corrected chi connectivity index (χ4v) is 1.84. The van der Waals surface area contributed by atoms with Crippen molar-refractivity contribution in [2.75, 3.05) is 32.8 Å². The molecule has 13 heavy (non-hydrogen) atoms. The van der Waals surface area contributed by atoms with Crippen LogP contribution in [0.3, 0.4) is 0 Å². The Labute approximate surface area is 78.1 Å². The summed E-state index contributed by atoms with van der Waals surface area (Å²) >= 11 is 0. The van der Waals surface area contributed by atoms with E-state index in [2.05, 4.69) is 0 Å². The summed E-state index contributed by atoms with van der Waals surface area (Å²) in [6.07, 6.45) is 2.37. The van der Waals surface area contributed by atoms with Crippen LogP contribution in [0.5, 0.6) is 0 Å². The first-order valence-electron chi connectivity index (χ1n) is 4.94. The van der Waals surface area contributed by atoms with Crippen molar-refractivity contribution in [1.29, 1.82) is 0 Å². The molecule has 1 amide bonds. The van der Waals surface area contributed by atoms with Gasteiger partial charge in [-0.3, -0.25) is 9.69 Å². The first kappa shape index (κ1) is 8.97. The van der Waals surface area contributed by atoms with Gasteiger partial charge in [-0.2, -0.15) is 0 Å². The number of carbonyl (C=O) groups excluding carboxylic acids is 1. The first-order chi connectivity index (χ1) is 6.31. The molecule has 1 saturated heterocycles. The molecule has 0 bridgehead atoms. The monoisotopic (exact) mass is 184 g/mol. The number of nitrogens with zero attached hydrogens (tertiary/aromatic N) is 2. The average Bonchev–Trinajstić information content (AvgIpc) is 2.88. The molecule has 0 unspecified atom stereocenters. The molecule has 1 aliphatic heterocycles. The largest absolute Gasteiger partial charge is 0.395 e.